The Bertz CT molecular complexity index is 319. The van der Waals surface area contributed by atoms with Gasteiger partial charge in [-0.15, -0.1) is 11.3 Å². The van der Waals surface area contributed by atoms with E-state index in [1.807, 2.05) is 11.3 Å². The van der Waals surface area contributed by atoms with E-state index < -0.39 is 0 Å². The molecule has 0 aromatic carbocycles. The summed E-state index contributed by atoms with van der Waals surface area (Å²) in [5, 5.41) is 10.0. The van der Waals surface area contributed by atoms with Crippen LogP contribution in [-0.4, -0.2) is 11.2 Å². The minimum atomic E-state index is -0.140. The van der Waals surface area contributed by atoms with Gasteiger partial charge in [-0.25, -0.2) is 0 Å². The molecule has 0 aliphatic heterocycles. The Balaban J connectivity index is 2.03. The molecule has 0 saturated carbocycles. The molecular weight excluding hydrogens is 252 g/mol. The van der Waals surface area contributed by atoms with Crippen LogP contribution in [0.5, 0.6) is 0 Å². The van der Waals surface area contributed by atoms with Gasteiger partial charge < -0.3 is 5.11 Å². The second-order valence-corrected chi connectivity index (χ2v) is 6.74. The first-order chi connectivity index (χ1) is 9.26. The van der Waals surface area contributed by atoms with Crippen LogP contribution in [0.3, 0.4) is 0 Å². The number of aliphatic hydroxyl groups is 1. The van der Waals surface area contributed by atoms with Crippen LogP contribution in [0.2, 0.25) is 0 Å². The van der Waals surface area contributed by atoms with E-state index in [-0.39, 0.29) is 6.10 Å². The van der Waals surface area contributed by atoms with Gasteiger partial charge in [0.2, 0.25) is 0 Å². The molecular formula is C17H30OS. The Kier molecular flexibility index (Phi) is 9.19. The lowest BCUT2D eigenvalue weighted by molar-refractivity contribution is 0.161. The third-order valence-corrected chi connectivity index (χ3v) is 4.90. The molecule has 2 heteroatoms. The zero-order valence-corrected chi connectivity index (χ0v) is 13.5. The fourth-order valence-corrected chi connectivity index (χ4v) is 3.42. The smallest absolute Gasteiger partial charge is 0.0588 e. The standard InChI is InChI=1S/C17H30OS/c1-3-5-6-7-8-9-10-11-15(18)14-17-13-12-16(4-2)19-17/h12-13,15,18H,3-11,14H2,1-2H3. The summed E-state index contributed by atoms with van der Waals surface area (Å²) in [7, 11) is 0. The zero-order valence-electron chi connectivity index (χ0n) is 12.7. The highest BCUT2D eigenvalue weighted by molar-refractivity contribution is 7.11. The van der Waals surface area contributed by atoms with Crippen LogP contribution in [-0.2, 0) is 12.8 Å². The molecule has 1 aromatic rings. The Morgan fingerprint density at radius 2 is 1.58 bits per heavy atom. The number of hydrogen-bond donors (Lipinski definition) is 1. The van der Waals surface area contributed by atoms with Crippen molar-refractivity contribution in [2.24, 2.45) is 0 Å². The number of hydrogen-bond acceptors (Lipinski definition) is 2. The van der Waals surface area contributed by atoms with Crippen LogP contribution >= 0.6 is 11.3 Å². The molecule has 1 nitrogen and oxygen atoms in total. The number of rotatable bonds is 11. The summed E-state index contributed by atoms with van der Waals surface area (Å²) in [6.45, 7) is 4.44. The maximum atomic E-state index is 10.0. The summed E-state index contributed by atoms with van der Waals surface area (Å²) < 4.78 is 0. The Labute approximate surface area is 123 Å². The van der Waals surface area contributed by atoms with E-state index >= 15 is 0 Å². The molecule has 1 N–H and O–H groups in total. The molecule has 1 rings (SSSR count). The molecule has 0 bridgehead atoms. The molecule has 1 atom stereocenters. The Morgan fingerprint density at radius 3 is 2.21 bits per heavy atom. The second kappa shape index (κ2) is 10.4. The highest BCUT2D eigenvalue weighted by Crippen LogP contribution is 2.20. The molecule has 0 saturated heterocycles. The number of unbranched alkanes of at least 4 members (excludes halogenated alkanes) is 6. The van der Waals surface area contributed by atoms with Crippen molar-refractivity contribution in [1.82, 2.24) is 0 Å². The van der Waals surface area contributed by atoms with Crippen LogP contribution in [0.25, 0.3) is 0 Å². The van der Waals surface area contributed by atoms with E-state index in [2.05, 4.69) is 26.0 Å². The number of aryl methyl sites for hydroxylation is 1. The number of aliphatic hydroxyl groups excluding tert-OH is 1. The van der Waals surface area contributed by atoms with Crippen molar-refractivity contribution in [3.63, 3.8) is 0 Å². The van der Waals surface area contributed by atoms with E-state index in [4.69, 9.17) is 0 Å². The average Bonchev–Trinajstić information content (AvgIpc) is 2.85. The van der Waals surface area contributed by atoms with Crippen molar-refractivity contribution < 1.29 is 5.11 Å². The van der Waals surface area contributed by atoms with E-state index in [1.165, 1.54) is 54.7 Å². The van der Waals surface area contributed by atoms with Crippen LogP contribution in [0.4, 0.5) is 0 Å². The van der Waals surface area contributed by atoms with Crippen molar-refractivity contribution in [3.8, 4) is 0 Å². The molecule has 0 aliphatic carbocycles. The minimum Gasteiger partial charge on any atom is -0.393 e. The van der Waals surface area contributed by atoms with E-state index in [1.54, 1.807) is 0 Å². The van der Waals surface area contributed by atoms with Crippen molar-refractivity contribution in [3.05, 3.63) is 21.9 Å². The predicted molar refractivity (Wildman–Crippen MR) is 86.0 cm³/mol. The third-order valence-electron chi connectivity index (χ3n) is 3.64. The lowest BCUT2D eigenvalue weighted by Crippen LogP contribution is -2.09. The highest BCUT2D eigenvalue weighted by Gasteiger charge is 2.07. The van der Waals surface area contributed by atoms with Crippen molar-refractivity contribution in [2.45, 2.75) is 84.2 Å². The molecule has 0 fully saturated rings. The van der Waals surface area contributed by atoms with Gasteiger partial charge in [0.25, 0.3) is 0 Å². The molecule has 1 aromatic heterocycles. The van der Waals surface area contributed by atoms with Gasteiger partial charge in [-0.05, 0) is 25.0 Å². The minimum absolute atomic E-state index is 0.140. The predicted octanol–water partition coefficient (Wildman–Crippen LogP) is 5.35. The summed E-state index contributed by atoms with van der Waals surface area (Å²) in [6.07, 6.45) is 12.0. The summed E-state index contributed by atoms with van der Waals surface area (Å²) >= 11 is 1.85. The maximum absolute atomic E-state index is 10.0. The van der Waals surface area contributed by atoms with Gasteiger partial charge in [-0.1, -0.05) is 58.8 Å². The van der Waals surface area contributed by atoms with Crippen LogP contribution in [0.1, 0.15) is 75.0 Å². The van der Waals surface area contributed by atoms with Crippen LogP contribution in [0.15, 0.2) is 12.1 Å². The monoisotopic (exact) mass is 282 g/mol. The van der Waals surface area contributed by atoms with Crippen molar-refractivity contribution in [2.75, 3.05) is 0 Å². The SMILES string of the molecule is CCCCCCCCCC(O)Cc1ccc(CC)s1. The van der Waals surface area contributed by atoms with Gasteiger partial charge in [0, 0.05) is 16.2 Å². The van der Waals surface area contributed by atoms with E-state index in [0.717, 1.165) is 19.3 Å². The summed E-state index contributed by atoms with van der Waals surface area (Å²) in [4.78, 5) is 2.77. The highest BCUT2D eigenvalue weighted by atomic mass is 32.1. The molecule has 0 aliphatic rings. The third kappa shape index (κ3) is 7.74. The van der Waals surface area contributed by atoms with Gasteiger partial charge in [0.1, 0.15) is 0 Å². The Hall–Kier alpha value is -0.340. The van der Waals surface area contributed by atoms with E-state index in [9.17, 15) is 5.11 Å². The van der Waals surface area contributed by atoms with Crippen molar-refractivity contribution in [1.29, 1.82) is 0 Å². The topological polar surface area (TPSA) is 20.2 Å². The average molecular weight is 282 g/mol. The quantitative estimate of drug-likeness (QED) is 0.542. The largest absolute Gasteiger partial charge is 0.393 e. The molecule has 0 spiro atoms. The zero-order chi connectivity index (χ0) is 13.9. The summed E-state index contributed by atoms with van der Waals surface area (Å²) in [5.41, 5.74) is 0. The lowest BCUT2D eigenvalue weighted by Gasteiger charge is -2.09. The van der Waals surface area contributed by atoms with Gasteiger partial charge in [-0.2, -0.15) is 0 Å². The maximum Gasteiger partial charge on any atom is 0.0588 e. The first-order valence-corrected chi connectivity index (χ1v) is 8.83. The second-order valence-electron chi connectivity index (χ2n) is 5.49. The van der Waals surface area contributed by atoms with Crippen molar-refractivity contribution >= 4 is 11.3 Å². The molecule has 19 heavy (non-hydrogen) atoms. The van der Waals surface area contributed by atoms with Crippen LogP contribution < -0.4 is 0 Å². The molecule has 0 amide bonds. The Morgan fingerprint density at radius 1 is 0.947 bits per heavy atom. The molecule has 0 radical (unpaired) electrons. The number of thiophene rings is 1. The molecule has 1 heterocycles. The fourth-order valence-electron chi connectivity index (χ4n) is 2.39. The first kappa shape index (κ1) is 16.7. The van der Waals surface area contributed by atoms with Gasteiger partial charge in [0.05, 0.1) is 6.10 Å². The van der Waals surface area contributed by atoms with E-state index in [0.29, 0.717) is 0 Å². The summed E-state index contributed by atoms with van der Waals surface area (Å²) in [6, 6.07) is 4.37. The van der Waals surface area contributed by atoms with Gasteiger partial charge in [-0.3, -0.25) is 0 Å². The fraction of sp³-hybridized carbons (Fsp3) is 0.765. The van der Waals surface area contributed by atoms with Gasteiger partial charge >= 0.3 is 0 Å². The molecule has 110 valence electrons. The summed E-state index contributed by atoms with van der Waals surface area (Å²) in [5.74, 6) is 0. The first-order valence-electron chi connectivity index (χ1n) is 8.01. The lowest BCUT2D eigenvalue weighted by atomic mass is 10.0. The van der Waals surface area contributed by atoms with Crippen LogP contribution in [0, 0.1) is 0 Å². The molecule has 1 unspecified atom stereocenters. The normalized spacial score (nSPS) is 12.8. The van der Waals surface area contributed by atoms with Gasteiger partial charge in [0.15, 0.2) is 0 Å².